The summed E-state index contributed by atoms with van der Waals surface area (Å²) in [6.45, 7) is 5.78. The summed E-state index contributed by atoms with van der Waals surface area (Å²) < 4.78 is 5.40. The van der Waals surface area contributed by atoms with E-state index in [2.05, 4.69) is 17.1 Å². The van der Waals surface area contributed by atoms with E-state index in [9.17, 15) is 0 Å². The van der Waals surface area contributed by atoms with Gasteiger partial charge in [-0.3, -0.25) is 4.90 Å². The Morgan fingerprint density at radius 3 is 2.53 bits per heavy atom. The van der Waals surface area contributed by atoms with Gasteiger partial charge in [-0.05, 0) is 26.3 Å². The average molecular weight is 214 g/mol. The molecule has 3 heteroatoms. The molecule has 1 heterocycles. The average Bonchev–Trinajstić information content (AvgIpc) is 2.29. The highest BCUT2D eigenvalue weighted by atomic mass is 16.5. The summed E-state index contributed by atoms with van der Waals surface area (Å²) in [6, 6.07) is 0.720. The van der Waals surface area contributed by atoms with E-state index in [1.54, 1.807) is 0 Å². The van der Waals surface area contributed by atoms with E-state index in [0.29, 0.717) is 6.10 Å². The van der Waals surface area contributed by atoms with Crippen LogP contribution in [0.5, 0.6) is 0 Å². The molecule has 0 aliphatic carbocycles. The SMILES string of the molecule is CCCC(CNC)N1CCC(OC)CC1. The highest BCUT2D eigenvalue weighted by molar-refractivity contribution is 4.79. The predicted molar refractivity (Wildman–Crippen MR) is 64.2 cm³/mol. The van der Waals surface area contributed by atoms with Crippen molar-refractivity contribution in [3.8, 4) is 0 Å². The maximum atomic E-state index is 5.40. The highest BCUT2D eigenvalue weighted by Crippen LogP contribution is 2.17. The van der Waals surface area contributed by atoms with Crippen molar-refractivity contribution < 1.29 is 4.74 Å². The van der Waals surface area contributed by atoms with Crippen molar-refractivity contribution in [1.82, 2.24) is 10.2 Å². The van der Waals surface area contributed by atoms with Crippen LogP contribution in [0, 0.1) is 0 Å². The predicted octanol–water partition coefficient (Wildman–Crippen LogP) is 1.49. The fourth-order valence-corrected chi connectivity index (χ4v) is 2.46. The standard InChI is InChI=1S/C12H26N2O/c1-4-5-11(10-13-2)14-8-6-12(15-3)7-9-14/h11-13H,4-10H2,1-3H3. The number of hydrogen-bond donors (Lipinski definition) is 1. The van der Waals surface area contributed by atoms with Gasteiger partial charge in [-0.15, -0.1) is 0 Å². The molecule has 0 bridgehead atoms. The first-order valence-electron chi connectivity index (χ1n) is 6.23. The lowest BCUT2D eigenvalue weighted by molar-refractivity contribution is 0.0260. The maximum absolute atomic E-state index is 5.40. The first-order valence-corrected chi connectivity index (χ1v) is 6.23. The van der Waals surface area contributed by atoms with Crippen molar-refractivity contribution in [3.63, 3.8) is 0 Å². The van der Waals surface area contributed by atoms with E-state index in [1.165, 1.54) is 38.8 Å². The van der Waals surface area contributed by atoms with Gasteiger partial charge < -0.3 is 10.1 Å². The molecule has 1 aliphatic heterocycles. The monoisotopic (exact) mass is 214 g/mol. The van der Waals surface area contributed by atoms with Crippen LogP contribution in [0.1, 0.15) is 32.6 Å². The molecule has 1 saturated heterocycles. The first kappa shape index (κ1) is 12.9. The topological polar surface area (TPSA) is 24.5 Å². The molecule has 15 heavy (non-hydrogen) atoms. The zero-order valence-electron chi connectivity index (χ0n) is 10.5. The molecular weight excluding hydrogens is 188 g/mol. The van der Waals surface area contributed by atoms with Gasteiger partial charge in [-0.25, -0.2) is 0 Å². The van der Waals surface area contributed by atoms with Crippen molar-refractivity contribution in [3.05, 3.63) is 0 Å². The maximum Gasteiger partial charge on any atom is 0.0595 e. The summed E-state index contributed by atoms with van der Waals surface area (Å²) in [5, 5.41) is 3.30. The Kier molecular flexibility index (Phi) is 6.22. The Hall–Kier alpha value is -0.120. The Morgan fingerprint density at radius 2 is 2.07 bits per heavy atom. The van der Waals surface area contributed by atoms with Crippen LogP contribution in [-0.4, -0.2) is 50.8 Å². The molecule has 0 spiro atoms. The lowest BCUT2D eigenvalue weighted by Gasteiger charge is -2.37. The number of hydrogen-bond acceptors (Lipinski definition) is 3. The molecule has 0 aromatic carbocycles. The normalized spacial score (nSPS) is 21.8. The molecule has 1 atom stereocenters. The lowest BCUT2D eigenvalue weighted by Crippen LogP contribution is -2.47. The van der Waals surface area contributed by atoms with Crippen molar-refractivity contribution in [2.75, 3.05) is 33.8 Å². The van der Waals surface area contributed by atoms with Gasteiger partial charge in [0.25, 0.3) is 0 Å². The van der Waals surface area contributed by atoms with Crippen molar-refractivity contribution >= 4 is 0 Å². The van der Waals surface area contributed by atoms with Crippen LogP contribution in [0.2, 0.25) is 0 Å². The van der Waals surface area contributed by atoms with E-state index in [4.69, 9.17) is 4.74 Å². The highest BCUT2D eigenvalue weighted by Gasteiger charge is 2.23. The molecule has 0 aromatic rings. The zero-order valence-corrected chi connectivity index (χ0v) is 10.5. The number of methoxy groups -OCH3 is 1. The molecule has 0 aromatic heterocycles. The molecule has 0 radical (unpaired) electrons. The quantitative estimate of drug-likeness (QED) is 0.725. The fraction of sp³-hybridized carbons (Fsp3) is 1.00. The molecule has 1 fully saturated rings. The van der Waals surface area contributed by atoms with Crippen LogP contribution in [0.4, 0.5) is 0 Å². The Morgan fingerprint density at radius 1 is 1.40 bits per heavy atom. The summed E-state index contributed by atoms with van der Waals surface area (Å²) in [6.07, 6.45) is 5.47. The molecule has 0 amide bonds. The number of nitrogens with one attached hydrogen (secondary N) is 1. The van der Waals surface area contributed by atoms with Crippen LogP contribution in [0.3, 0.4) is 0 Å². The summed E-state index contributed by atoms with van der Waals surface area (Å²) in [7, 11) is 3.88. The minimum absolute atomic E-state index is 0.498. The van der Waals surface area contributed by atoms with Gasteiger partial charge in [0.05, 0.1) is 6.10 Å². The smallest absolute Gasteiger partial charge is 0.0595 e. The van der Waals surface area contributed by atoms with E-state index < -0.39 is 0 Å². The largest absolute Gasteiger partial charge is 0.381 e. The number of likely N-dealkylation sites (N-methyl/N-ethyl adjacent to an activating group) is 1. The Bertz CT molecular complexity index is 150. The molecule has 1 N–H and O–H groups in total. The first-order chi connectivity index (χ1) is 7.31. The van der Waals surface area contributed by atoms with Crippen LogP contribution in [0.15, 0.2) is 0 Å². The van der Waals surface area contributed by atoms with Gasteiger partial charge in [0.15, 0.2) is 0 Å². The lowest BCUT2D eigenvalue weighted by atomic mass is 10.0. The molecule has 90 valence electrons. The minimum atomic E-state index is 0.498. The number of likely N-dealkylation sites (tertiary alicyclic amines) is 1. The van der Waals surface area contributed by atoms with Crippen molar-refractivity contribution in [2.45, 2.75) is 44.8 Å². The van der Waals surface area contributed by atoms with E-state index in [1.807, 2.05) is 14.2 Å². The molecular formula is C12H26N2O. The zero-order chi connectivity index (χ0) is 11.1. The van der Waals surface area contributed by atoms with Gasteiger partial charge in [0, 0.05) is 32.8 Å². The fourth-order valence-electron chi connectivity index (χ4n) is 2.46. The van der Waals surface area contributed by atoms with Gasteiger partial charge in [-0.2, -0.15) is 0 Å². The Labute approximate surface area is 94.2 Å². The minimum Gasteiger partial charge on any atom is -0.381 e. The third-order valence-electron chi connectivity index (χ3n) is 3.39. The Balaban J connectivity index is 2.34. The molecule has 1 rings (SSSR count). The van der Waals surface area contributed by atoms with E-state index in [-0.39, 0.29) is 0 Å². The number of ether oxygens (including phenoxy) is 1. The second-order valence-electron chi connectivity index (χ2n) is 4.47. The van der Waals surface area contributed by atoms with Crippen molar-refractivity contribution in [1.29, 1.82) is 0 Å². The summed E-state index contributed by atoms with van der Waals surface area (Å²) in [4.78, 5) is 2.62. The van der Waals surface area contributed by atoms with Gasteiger partial charge in [0.1, 0.15) is 0 Å². The third kappa shape index (κ3) is 4.09. The molecule has 1 unspecified atom stereocenters. The van der Waals surface area contributed by atoms with Gasteiger partial charge in [0.2, 0.25) is 0 Å². The third-order valence-corrected chi connectivity index (χ3v) is 3.39. The molecule has 0 saturated carbocycles. The van der Waals surface area contributed by atoms with Crippen LogP contribution >= 0.6 is 0 Å². The van der Waals surface area contributed by atoms with Crippen LogP contribution in [-0.2, 0) is 4.74 Å². The summed E-state index contributed by atoms with van der Waals surface area (Å²) in [5.41, 5.74) is 0. The number of nitrogens with zero attached hydrogens (tertiary/aromatic N) is 1. The number of rotatable bonds is 6. The van der Waals surface area contributed by atoms with E-state index in [0.717, 1.165) is 12.6 Å². The summed E-state index contributed by atoms with van der Waals surface area (Å²) in [5.74, 6) is 0. The second kappa shape index (κ2) is 7.20. The van der Waals surface area contributed by atoms with Crippen LogP contribution in [0.25, 0.3) is 0 Å². The van der Waals surface area contributed by atoms with Gasteiger partial charge in [-0.1, -0.05) is 13.3 Å². The van der Waals surface area contributed by atoms with Crippen molar-refractivity contribution in [2.24, 2.45) is 0 Å². The molecule has 1 aliphatic rings. The van der Waals surface area contributed by atoms with E-state index >= 15 is 0 Å². The molecule has 3 nitrogen and oxygen atoms in total. The number of piperidine rings is 1. The van der Waals surface area contributed by atoms with Crippen LogP contribution < -0.4 is 5.32 Å². The summed E-state index contributed by atoms with van der Waals surface area (Å²) >= 11 is 0. The van der Waals surface area contributed by atoms with Gasteiger partial charge >= 0.3 is 0 Å². The second-order valence-corrected chi connectivity index (χ2v) is 4.47.